The molecule has 2 aromatic heterocycles. The first-order valence-electron chi connectivity index (χ1n) is 6.86. The molecule has 2 rings (SSSR count). The fraction of sp³-hybridized carbons (Fsp3) is 0.500. The van der Waals surface area contributed by atoms with Crippen LogP contribution in [0.25, 0.3) is 4.96 Å². The molecule has 0 saturated carbocycles. The Hall–Kier alpha value is -1.34. The molecule has 114 valence electrons. The maximum atomic E-state index is 11.8. The smallest absolute Gasteiger partial charge is 0.258 e. The van der Waals surface area contributed by atoms with Crippen LogP contribution in [0.5, 0.6) is 0 Å². The highest BCUT2D eigenvalue weighted by Crippen LogP contribution is 2.12. The minimum atomic E-state index is -0.0711. The number of hydrogen-bond acceptors (Lipinski definition) is 5. The summed E-state index contributed by atoms with van der Waals surface area (Å²) < 4.78 is 1.53. The van der Waals surface area contributed by atoms with E-state index in [-0.39, 0.29) is 11.5 Å². The van der Waals surface area contributed by atoms with Crippen molar-refractivity contribution in [3.05, 3.63) is 33.7 Å². The molecule has 5 nitrogen and oxygen atoms in total. The number of amides is 1. The van der Waals surface area contributed by atoms with E-state index in [1.54, 1.807) is 6.20 Å². The highest BCUT2D eigenvalue weighted by molar-refractivity contribution is 7.99. The zero-order chi connectivity index (χ0) is 15.2. The number of aromatic nitrogens is 2. The van der Waals surface area contributed by atoms with Crippen LogP contribution in [0.2, 0.25) is 0 Å². The lowest BCUT2D eigenvalue weighted by Crippen LogP contribution is -2.27. The maximum Gasteiger partial charge on any atom is 0.258 e. The first-order valence-corrected chi connectivity index (χ1v) is 8.90. The summed E-state index contributed by atoms with van der Waals surface area (Å²) >= 11 is 2.91. The molecule has 0 aliphatic heterocycles. The molecule has 0 unspecified atom stereocenters. The number of thioether (sulfide) groups is 1. The van der Waals surface area contributed by atoms with Gasteiger partial charge in [-0.3, -0.25) is 14.0 Å². The van der Waals surface area contributed by atoms with Crippen molar-refractivity contribution in [3.8, 4) is 0 Å². The second-order valence-corrected chi connectivity index (χ2v) is 7.03. The third kappa shape index (κ3) is 4.86. The van der Waals surface area contributed by atoms with Crippen LogP contribution in [0.15, 0.2) is 22.4 Å². The van der Waals surface area contributed by atoms with Gasteiger partial charge >= 0.3 is 0 Å². The van der Waals surface area contributed by atoms with Gasteiger partial charge in [0.15, 0.2) is 4.96 Å². The molecule has 0 aliphatic rings. The normalized spacial score (nSPS) is 11.2. The van der Waals surface area contributed by atoms with E-state index in [1.807, 2.05) is 5.38 Å². The summed E-state index contributed by atoms with van der Waals surface area (Å²) in [7, 11) is 0. The van der Waals surface area contributed by atoms with Crippen LogP contribution < -0.4 is 10.9 Å². The third-order valence-electron chi connectivity index (χ3n) is 2.88. The highest BCUT2D eigenvalue weighted by atomic mass is 32.2. The molecule has 0 spiro atoms. The Kier molecular flexibility index (Phi) is 5.81. The minimum absolute atomic E-state index is 0.0366. The molecule has 1 N–H and O–H groups in total. The van der Waals surface area contributed by atoms with Crippen molar-refractivity contribution in [2.45, 2.75) is 26.0 Å². The summed E-state index contributed by atoms with van der Waals surface area (Å²) in [6.07, 6.45) is 2.71. The standard InChI is InChI=1S/C14H19N3O2S2/c1-10(2)3-4-15-12(18)9-20-8-11-7-13(19)17-5-6-21-14(17)16-11/h5-7,10H,3-4,8-9H2,1-2H3,(H,15,18). The Morgan fingerprint density at radius 2 is 2.33 bits per heavy atom. The second kappa shape index (κ2) is 7.61. The molecule has 21 heavy (non-hydrogen) atoms. The zero-order valence-electron chi connectivity index (χ0n) is 12.2. The molecule has 2 heterocycles. The van der Waals surface area contributed by atoms with E-state index in [0.29, 0.717) is 22.4 Å². The van der Waals surface area contributed by atoms with Crippen molar-refractivity contribution in [1.29, 1.82) is 0 Å². The Labute approximate surface area is 131 Å². The van der Waals surface area contributed by atoms with Crippen molar-refractivity contribution in [2.24, 2.45) is 5.92 Å². The van der Waals surface area contributed by atoms with Gasteiger partial charge < -0.3 is 5.32 Å². The number of thiazole rings is 1. The topological polar surface area (TPSA) is 63.5 Å². The number of carbonyl (C=O) groups excluding carboxylic acids is 1. The van der Waals surface area contributed by atoms with Crippen LogP contribution in [-0.2, 0) is 10.5 Å². The Morgan fingerprint density at radius 3 is 3.10 bits per heavy atom. The van der Waals surface area contributed by atoms with E-state index >= 15 is 0 Å². The van der Waals surface area contributed by atoms with Crippen molar-refractivity contribution in [3.63, 3.8) is 0 Å². The van der Waals surface area contributed by atoms with Crippen molar-refractivity contribution < 1.29 is 4.79 Å². The lowest BCUT2D eigenvalue weighted by atomic mass is 10.1. The van der Waals surface area contributed by atoms with Crippen LogP contribution in [0.4, 0.5) is 0 Å². The van der Waals surface area contributed by atoms with Gasteiger partial charge in [0.2, 0.25) is 5.91 Å². The lowest BCUT2D eigenvalue weighted by molar-refractivity contribution is -0.118. The van der Waals surface area contributed by atoms with E-state index in [1.165, 1.54) is 33.6 Å². The maximum absolute atomic E-state index is 11.8. The van der Waals surface area contributed by atoms with Crippen LogP contribution in [0, 0.1) is 5.92 Å². The number of carbonyl (C=O) groups is 1. The molecular weight excluding hydrogens is 306 g/mol. The van der Waals surface area contributed by atoms with Crippen molar-refractivity contribution in [2.75, 3.05) is 12.3 Å². The van der Waals surface area contributed by atoms with Gasteiger partial charge in [0, 0.05) is 29.9 Å². The third-order valence-corrected chi connectivity index (χ3v) is 4.61. The molecule has 0 fully saturated rings. The molecule has 7 heteroatoms. The highest BCUT2D eigenvalue weighted by Gasteiger charge is 2.06. The molecule has 0 radical (unpaired) electrons. The fourth-order valence-corrected chi connectivity index (χ4v) is 3.25. The Morgan fingerprint density at radius 1 is 1.52 bits per heavy atom. The van der Waals surface area contributed by atoms with Crippen LogP contribution in [-0.4, -0.2) is 27.6 Å². The summed E-state index contributed by atoms with van der Waals surface area (Å²) in [6.45, 7) is 4.98. The minimum Gasteiger partial charge on any atom is -0.355 e. The Bertz CT molecular complexity index is 664. The average Bonchev–Trinajstić information content (AvgIpc) is 2.87. The van der Waals surface area contributed by atoms with Gasteiger partial charge in [-0.1, -0.05) is 13.8 Å². The molecule has 0 atom stereocenters. The van der Waals surface area contributed by atoms with Gasteiger partial charge in [-0.15, -0.1) is 23.1 Å². The fourth-order valence-electron chi connectivity index (χ4n) is 1.76. The van der Waals surface area contributed by atoms with Gasteiger partial charge in [-0.2, -0.15) is 0 Å². The molecular formula is C14H19N3O2S2. The molecule has 0 aromatic carbocycles. The quantitative estimate of drug-likeness (QED) is 0.847. The number of fused-ring (bicyclic) bond motifs is 1. The lowest BCUT2D eigenvalue weighted by Gasteiger charge is -2.07. The first kappa shape index (κ1) is 16.0. The van der Waals surface area contributed by atoms with Crippen LogP contribution in [0.1, 0.15) is 26.0 Å². The van der Waals surface area contributed by atoms with Crippen LogP contribution in [0.3, 0.4) is 0 Å². The van der Waals surface area contributed by atoms with Gasteiger partial charge in [0.1, 0.15) is 0 Å². The predicted molar refractivity (Wildman–Crippen MR) is 88.0 cm³/mol. The second-order valence-electron chi connectivity index (χ2n) is 5.17. The number of nitrogens with zero attached hydrogens (tertiary/aromatic N) is 2. The number of rotatable bonds is 7. The largest absolute Gasteiger partial charge is 0.355 e. The summed E-state index contributed by atoms with van der Waals surface area (Å²) in [5.74, 6) is 1.59. The van der Waals surface area contributed by atoms with E-state index < -0.39 is 0 Å². The zero-order valence-corrected chi connectivity index (χ0v) is 13.8. The summed E-state index contributed by atoms with van der Waals surface area (Å²) in [6, 6.07) is 1.53. The van der Waals surface area contributed by atoms with Gasteiger partial charge in [-0.25, -0.2) is 4.98 Å². The van der Waals surface area contributed by atoms with E-state index in [2.05, 4.69) is 24.1 Å². The average molecular weight is 325 g/mol. The van der Waals surface area contributed by atoms with Gasteiger partial charge in [0.05, 0.1) is 11.4 Å². The Balaban J connectivity index is 1.79. The summed E-state index contributed by atoms with van der Waals surface area (Å²) in [4.78, 5) is 28.5. The summed E-state index contributed by atoms with van der Waals surface area (Å²) in [5, 5.41) is 4.73. The predicted octanol–water partition coefficient (Wildman–Crippen LogP) is 2.15. The van der Waals surface area contributed by atoms with Gasteiger partial charge in [0.25, 0.3) is 5.56 Å². The van der Waals surface area contributed by atoms with E-state index in [4.69, 9.17) is 0 Å². The molecule has 0 aliphatic carbocycles. The van der Waals surface area contributed by atoms with Crippen molar-refractivity contribution >= 4 is 34.0 Å². The first-order chi connectivity index (χ1) is 10.1. The molecule has 0 bridgehead atoms. The molecule has 0 saturated heterocycles. The van der Waals surface area contributed by atoms with Crippen molar-refractivity contribution in [1.82, 2.24) is 14.7 Å². The van der Waals surface area contributed by atoms with E-state index in [0.717, 1.165) is 18.7 Å². The summed E-state index contributed by atoms with van der Waals surface area (Å²) in [5.41, 5.74) is 0.653. The number of nitrogens with one attached hydrogen (secondary N) is 1. The molecule has 2 aromatic rings. The van der Waals surface area contributed by atoms with Gasteiger partial charge in [-0.05, 0) is 12.3 Å². The van der Waals surface area contributed by atoms with E-state index in [9.17, 15) is 9.59 Å². The number of hydrogen-bond donors (Lipinski definition) is 1. The monoisotopic (exact) mass is 325 g/mol. The van der Waals surface area contributed by atoms with Crippen LogP contribution >= 0.6 is 23.1 Å². The molecule has 1 amide bonds. The SMILES string of the molecule is CC(C)CCNC(=O)CSCc1cc(=O)n2ccsc2n1.